The number of phenols is 2. The van der Waals surface area contributed by atoms with E-state index in [0.29, 0.717) is 17.0 Å². The summed E-state index contributed by atoms with van der Waals surface area (Å²) in [5.74, 6) is -4.78. The Labute approximate surface area is 344 Å². The Morgan fingerprint density at radius 1 is 0.983 bits per heavy atom. The largest absolute Gasteiger partial charge is 0.507 e. The number of ketones is 4. The summed E-state index contributed by atoms with van der Waals surface area (Å²) >= 11 is 0. The number of methoxy groups -OCH3 is 1. The van der Waals surface area contributed by atoms with E-state index in [1.807, 2.05) is 19.1 Å². The third kappa shape index (κ3) is 8.25. The van der Waals surface area contributed by atoms with Crippen LogP contribution in [0.1, 0.15) is 96.1 Å². The van der Waals surface area contributed by atoms with Crippen molar-refractivity contribution in [3.8, 4) is 17.2 Å². The van der Waals surface area contributed by atoms with Gasteiger partial charge in [-0.2, -0.15) is 0 Å². The molecule has 1 aromatic heterocycles. The number of aromatic hydroxyl groups is 2. The monoisotopic (exact) mass is 836 g/mol. The molecule has 59 heavy (non-hydrogen) atoms. The number of carbonyl (C=O) groups excluding carboxylic acids is 4. The summed E-state index contributed by atoms with van der Waals surface area (Å²) in [6, 6.07) is 14.3. The number of aliphatic hydroxyl groups is 3. The molecule has 4 aromatic rings. The van der Waals surface area contributed by atoms with E-state index in [-0.39, 0.29) is 59.0 Å². The first kappa shape index (κ1) is 44.6. The van der Waals surface area contributed by atoms with Gasteiger partial charge in [0.15, 0.2) is 17.9 Å². The number of hydrogen-bond acceptors (Lipinski definition) is 14. The molecule has 7 rings (SSSR count). The van der Waals surface area contributed by atoms with Crippen molar-refractivity contribution < 1.29 is 68.8 Å². The minimum atomic E-state index is -2.24. The zero-order valence-corrected chi connectivity index (χ0v) is 33.3. The fourth-order valence-corrected chi connectivity index (χ4v) is 7.72. The number of hydrogen-bond donors (Lipinski definition) is 7. The summed E-state index contributed by atoms with van der Waals surface area (Å²) in [6.45, 7) is 2.52. The van der Waals surface area contributed by atoms with Crippen molar-refractivity contribution in [3.63, 3.8) is 0 Å². The van der Waals surface area contributed by atoms with E-state index in [4.69, 9.17) is 25.1 Å². The predicted octanol–water partition coefficient (Wildman–Crippen LogP) is 2.61. The fraction of sp³-hybridized carbons (Fsp3) is 0.357. The van der Waals surface area contributed by atoms with Gasteiger partial charge in [0.2, 0.25) is 11.6 Å². The van der Waals surface area contributed by atoms with Crippen LogP contribution in [0, 0.1) is 6.92 Å². The third-order valence-corrected chi connectivity index (χ3v) is 10.9. The highest BCUT2D eigenvalue weighted by Crippen LogP contribution is 2.52. The second kappa shape index (κ2) is 17.4. The Hall–Kier alpha value is -5.46. The number of phenolic OH excluding ortho intramolecular Hbond substituents is 2. The highest BCUT2D eigenvalue weighted by molar-refractivity contribution is 6.31. The van der Waals surface area contributed by atoms with Gasteiger partial charge in [-0.15, -0.1) is 12.4 Å². The summed E-state index contributed by atoms with van der Waals surface area (Å²) in [7, 11) is 3.03. The molecule has 0 radical (unpaired) electrons. The Bertz CT molecular complexity index is 2310. The number of halogens is 1. The first-order chi connectivity index (χ1) is 27.4. The smallest absolute Gasteiger partial charge is 0.309 e. The van der Waals surface area contributed by atoms with Gasteiger partial charge < -0.3 is 55.2 Å². The molecule has 17 heteroatoms. The van der Waals surface area contributed by atoms with Gasteiger partial charge in [0.1, 0.15) is 29.5 Å². The number of nitrogens with zero attached hydrogens (tertiary/aromatic N) is 1. The van der Waals surface area contributed by atoms with Crippen molar-refractivity contribution in [2.45, 2.75) is 75.8 Å². The van der Waals surface area contributed by atoms with Crippen molar-refractivity contribution in [1.82, 2.24) is 4.57 Å². The lowest BCUT2D eigenvalue weighted by Crippen LogP contribution is -2.53. The lowest BCUT2D eigenvalue weighted by molar-refractivity contribution is -0.247. The number of carboxylic acid groups (broad SMARTS) is 1. The highest BCUT2D eigenvalue weighted by atomic mass is 35.5. The molecule has 0 unspecified atom stereocenters. The van der Waals surface area contributed by atoms with E-state index in [1.165, 1.54) is 25.3 Å². The van der Waals surface area contributed by atoms with Crippen LogP contribution < -0.4 is 10.5 Å². The molecule has 314 valence electrons. The van der Waals surface area contributed by atoms with Gasteiger partial charge in [-0.3, -0.25) is 24.0 Å². The SMILES string of the molecule is COc1cccc2c1C(=O)c1c(O)c3c(c(O)c1C2=O)C[C@@](O)(C(=O)CO)C[C@@H]3O[C@H]1C[C@H](N)[C@H](O)[C@H](C)O1.Cc1ccc(C(=O)c2ccc(CC(=O)O)n2C)cc1.Cl. The zero-order valence-electron chi connectivity index (χ0n) is 32.5. The second-order valence-electron chi connectivity index (χ2n) is 14.7. The van der Waals surface area contributed by atoms with Crippen LogP contribution in [0.15, 0.2) is 54.6 Å². The zero-order chi connectivity index (χ0) is 42.4. The molecule has 1 aliphatic heterocycles. The molecule has 1 fully saturated rings. The average Bonchev–Trinajstić information content (AvgIpc) is 3.54. The van der Waals surface area contributed by atoms with Crippen LogP contribution in [-0.4, -0.2) is 108 Å². The number of ether oxygens (including phenoxy) is 3. The maximum atomic E-state index is 13.6. The highest BCUT2D eigenvalue weighted by Gasteiger charge is 2.50. The molecule has 1 saturated heterocycles. The first-order valence-corrected chi connectivity index (χ1v) is 18.4. The van der Waals surface area contributed by atoms with Gasteiger partial charge in [0, 0.05) is 60.3 Å². The van der Waals surface area contributed by atoms with E-state index in [2.05, 4.69) is 0 Å². The summed E-state index contributed by atoms with van der Waals surface area (Å²) in [6.07, 6.45) is -5.21. The molecule has 6 atom stereocenters. The van der Waals surface area contributed by atoms with E-state index in [0.717, 1.165) is 5.56 Å². The first-order valence-electron chi connectivity index (χ1n) is 18.4. The van der Waals surface area contributed by atoms with Gasteiger partial charge in [-0.25, -0.2) is 0 Å². The molecule has 0 amide bonds. The second-order valence-corrected chi connectivity index (χ2v) is 14.7. The number of fused-ring (bicyclic) bond motifs is 3. The van der Waals surface area contributed by atoms with Crippen LogP contribution in [0.5, 0.6) is 17.2 Å². The standard InChI is InChI=1S/C27H29NO11.C15H15NO3.ClH/c1-10-22(31)13(28)6-17(38-10)39-15-8-27(36,16(30)9-29)7-12-19(15)26(35)21-20(24(12)33)23(32)11-4-3-5-14(37-2)18(11)25(21)34;1-10-3-5-11(6-4-10)15(19)13-8-7-12(16(13)2)9-14(17)18;/h3-5,10,13,15,17,22,29,31,33,35-36H,6-9,28H2,1-2H3;3-8H,9H2,1-2H3,(H,17,18);1H/t10-,13-,15-,17-,22+,27-;;/m0../s1. The molecule has 2 aliphatic carbocycles. The number of aliphatic carboxylic acids is 1. The van der Waals surface area contributed by atoms with Gasteiger partial charge in [-0.1, -0.05) is 42.0 Å². The minimum Gasteiger partial charge on any atom is -0.507 e. The molecule has 3 aromatic carbocycles. The number of nitrogens with two attached hydrogens (primary N) is 1. The lowest BCUT2D eigenvalue weighted by Gasteiger charge is -2.42. The molecular weight excluding hydrogens is 792 g/mol. The topological polar surface area (TPSA) is 265 Å². The lowest BCUT2D eigenvalue weighted by atomic mass is 9.72. The van der Waals surface area contributed by atoms with E-state index < -0.39 is 102 Å². The van der Waals surface area contributed by atoms with Gasteiger partial charge in [0.05, 0.1) is 54.2 Å². The Morgan fingerprint density at radius 2 is 1.64 bits per heavy atom. The van der Waals surface area contributed by atoms with Crippen molar-refractivity contribution in [3.05, 3.63) is 110 Å². The number of aliphatic hydroxyl groups excluding tert-OH is 2. The molecule has 3 aliphatic rings. The van der Waals surface area contributed by atoms with Gasteiger partial charge >= 0.3 is 5.97 Å². The number of aromatic nitrogens is 1. The summed E-state index contributed by atoms with van der Waals surface area (Å²) in [5.41, 5.74) is 5.19. The molecule has 2 heterocycles. The summed E-state index contributed by atoms with van der Waals surface area (Å²) in [4.78, 5) is 62.8. The normalized spacial score (nSPS) is 23.1. The predicted molar refractivity (Wildman–Crippen MR) is 210 cm³/mol. The molecule has 16 nitrogen and oxygen atoms in total. The number of carbonyl (C=O) groups is 5. The molecule has 0 saturated carbocycles. The average molecular weight is 837 g/mol. The van der Waals surface area contributed by atoms with Crippen LogP contribution in [0.25, 0.3) is 0 Å². The molecule has 0 spiro atoms. The molecule has 0 bridgehead atoms. The fourth-order valence-electron chi connectivity index (χ4n) is 7.72. The Balaban J connectivity index is 0.000000278. The summed E-state index contributed by atoms with van der Waals surface area (Å²) < 4.78 is 18.6. The quantitative estimate of drug-likeness (QED) is 0.0831. The van der Waals surface area contributed by atoms with E-state index >= 15 is 0 Å². The number of aryl methyl sites for hydroxylation is 1. The van der Waals surface area contributed by atoms with Crippen LogP contribution >= 0.6 is 12.4 Å². The van der Waals surface area contributed by atoms with Crippen molar-refractivity contribution in [2.75, 3.05) is 13.7 Å². The van der Waals surface area contributed by atoms with Crippen molar-refractivity contribution in [2.24, 2.45) is 12.8 Å². The molecular formula is C42H45ClN2O14. The van der Waals surface area contributed by atoms with E-state index in [9.17, 15) is 49.5 Å². The Kier molecular flexibility index (Phi) is 13.2. The van der Waals surface area contributed by atoms with Crippen LogP contribution in [0.3, 0.4) is 0 Å². The summed E-state index contributed by atoms with van der Waals surface area (Å²) in [5, 5.41) is 62.5. The maximum Gasteiger partial charge on any atom is 0.309 e. The molecule has 8 N–H and O–H groups in total. The van der Waals surface area contributed by atoms with Crippen molar-refractivity contribution >= 4 is 41.5 Å². The van der Waals surface area contributed by atoms with E-state index in [1.54, 1.807) is 42.8 Å². The van der Waals surface area contributed by atoms with Crippen molar-refractivity contribution in [1.29, 1.82) is 0 Å². The van der Waals surface area contributed by atoms with Crippen LogP contribution in [0.2, 0.25) is 0 Å². The maximum absolute atomic E-state index is 13.6. The van der Waals surface area contributed by atoms with Gasteiger partial charge in [0.25, 0.3) is 0 Å². The third-order valence-electron chi connectivity index (χ3n) is 10.9. The minimum absolute atomic E-state index is 0. The van der Waals surface area contributed by atoms with Gasteiger partial charge in [-0.05, 0) is 32.0 Å². The number of carboxylic acids is 1. The Morgan fingerprint density at radius 3 is 2.25 bits per heavy atom. The van der Waals surface area contributed by atoms with Crippen LogP contribution in [0.4, 0.5) is 0 Å². The number of rotatable bonds is 9. The van der Waals surface area contributed by atoms with Crippen LogP contribution in [-0.2, 0) is 39.0 Å². The number of Topliss-reactive ketones (excluding diaryl/α,β-unsaturated/α-hetero) is 1. The number of benzene rings is 3.